The fraction of sp³-hybridized carbons (Fsp3) is 0.222. The predicted molar refractivity (Wildman–Crippen MR) is 89.6 cm³/mol. The molecule has 0 saturated carbocycles. The quantitative estimate of drug-likeness (QED) is 0.860. The Morgan fingerprint density at radius 3 is 2.17 bits per heavy atom. The van der Waals surface area contributed by atoms with Crippen LogP contribution in [0.1, 0.15) is 35.7 Å². The first kappa shape index (κ1) is 16.5. The van der Waals surface area contributed by atoms with Crippen LogP contribution in [0.4, 0.5) is 5.69 Å². The summed E-state index contributed by atoms with van der Waals surface area (Å²) in [7, 11) is 0. The SMILES string of the molecule is CC(C)c1ccc(C(=O)Nc2ccc(OCC(N)=O)cc2)cc1. The maximum atomic E-state index is 12.2. The number of carbonyl (C=O) groups is 2. The van der Waals surface area contributed by atoms with Crippen molar-refractivity contribution in [1.29, 1.82) is 0 Å². The van der Waals surface area contributed by atoms with Gasteiger partial charge in [0.2, 0.25) is 0 Å². The Hall–Kier alpha value is -2.82. The van der Waals surface area contributed by atoms with Gasteiger partial charge in [-0.15, -0.1) is 0 Å². The summed E-state index contributed by atoms with van der Waals surface area (Å²) in [5.41, 5.74) is 7.45. The van der Waals surface area contributed by atoms with E-state index in [-0.39, 0.29) is 12.5 Å². The van der Waals surface area contributed by atoms with Crippen LogP contribution in [-0.4, -0.2) is 18.4 Å². The van der Waals surface area contributed by atoms with Gasteiger partial charge in [-0.1, -0.05) is 26.0 Å². The van der Waals surface area contributed by atoms with Gasteiger partial charge in [0.25, 0.3) is 11.8 Å². The number of amides is 2. The van der Waals surface area contributed by atoms with Crippen molar-refractivity contribution in [3.05, 3.63) is 59.7 Å². The van der Waals surface area contributed by atoms with Crippen LogP contribution >= 0.6 is 0 Å². The molecule has 5 nitrogen and oxygen atoms in total. The largest absolute Gasteiger partial charge is 0.484 e. The number of hydrogen-bond donors (Lipinski definition) is 2. The lowest BCUT2D eigenvalue weighted by Gasteiger charge is -2.09. The van der Waals surface area contributed by atoms with Gasteiger partial charge in [-0.3, -0.25) is 9.59 Å². The minimum absolute atomic E-state index is 0.173. The van der Waals surface area contributed by atoms with Crippen LogP contribution in [0.2, 0.25) is 0 Å². The second kappa shape index (κ2) is 7.45. The minimum Gasteiger partial charge on any atom is -0.484 e. The fourth-order valence-electron chi connectivity index (χ4n) is 2.01. The zero-order valence-corrected chi connectivity index (χ0v) is 13.2. The van der Waals surface area contributed by atoms with Crippen LogP contribution < -0.4 is 15.8 Å². The zero-order valence-electron chi connectivity index (χ0n) is 13.2. The van der Waals surface area contributed by atoms with Crippen LogP contribution in [0.3, 0.4) is 0 Å². The summed E-state index contributed by atoms with van der Waals surface area (Å²) in [6.45, 7) is 4.04. The molecule has 23 heavy (non-hydrogen) atoms. The van der Waals surface area contributed by atoms with Crippen molar-refractivity contribution in [2.24, 2.45) is 5.73 Å². The number of rotatable bonds is 6. The Morgan fingerprint density at radius 2 is 1.65 bits per heavy atom. The van der Waals surface area contributed by atoms with Crippen LogP contribution in [-0.2, 0) is 4.79 Å². The van der Waals surface area contributed by atoms with Crippen LogP contribution in [0, 0.1) is 0 Å². The topological polar surface area (TPSA) is 81.4 Å². The summed E-state index contributed by atoms with van der Waals surface area (Å²) in [5, 5.41) is 2.81. The number of nitrogens with two attached hydrogens (primary N) is 1. The second-order valence-electron chi connectivity index (χ2n) is 5.51. The molecule has 0 aliphatic heterocycles. The van der Waals surface area contributed by atoms with Gasteiger partial charge in [-0.2, -0.15) is 0 Å². The van der Waals surface area contributed by atoms with Crippen molar-refractivity contribution < 1.29 is 14.3 Å². The summed E-state index contributed by atoms with van der Waals surface area (Å²) >= 11 is 0. The Morgan fingerprint density at radius 1 is 1.04 bits per heavy atom. The smallest absolute Gasteiger partial charge is 0.255 e. The predicted octanol–water partition coefficient (Wildman–Crippen LogP) is 2.93. The zero-order chi connectivity index (χ0) is 16.8. The fourth-order valence-corrected chi connectivity index (χ4v) is 2.01. The lowest BCUT2D eigenvalue weighted by Crippen LogP contribution is -2.20. The lowest BCUT2D eigenvalue weighted by molar-refractivity contribution is -0.119. The van der Waals surface area contributed by atoms with Crippen LogP contribution in [0.5, 0.6) is 5.75 Å². The molecule has 120 valence electrons. The summed E-state index contributed by atoms with van der Waals surface area (Å²) in [5.74, 6) is 0.237. The summed E-state index contributed by atoms with van der Waals surface area (Å²) < 4.78 is 5.16. The third-order valence-corrected chi connectivity index (χ3v) is 3.33. The van der Waals surface area contributed by atoms with Crippen molar-refractivity contribution in [3.63, 3.8) is 0 Å². The van der Waals surface area contributed by atoms with Gasteiger partial charge in [0.1, 0.15) is 5.75 Å². The lowest BCUT2D eigenvalue weighted by atomic mass is 10.0. The molecule has 0 radical (unpaired) electrons. The second-order valence-corrected chi connectivity index (χ2v) is 5.51. The normalized spacial score (nSPS) is 10.4. The van der Waals surface area contributed by atoms with Gasteiger partial charge >= 0.3 is 0 Å². The molecule has 0 atom stereocenters. The van der Waals surface area contributed by atoms with Crippen molar-refractivity contribution in [3.8, 4) is 5.75 Å². The molecule has 2 amide bonds. The van der Waals surface area contributed by atoms with E-state index in [9.17, 15) is 9.59 Å². The van der Waals surface area contributed by atoms with Gasteiger partial charge in [0.05, 0.1) is 0 Å². The summed E-state index contributed by atoms with van der Waals surface area (Å²) in [6.07, 6.45) is 0. The van der Waals surface area contributed by atoms with Crippen LogP contribution in [0.25, 0.3) is 0 Å². The molecule has 0 saturated heterocycles. The monoisotopic (exact) mass is 312 g/mol. The third-order valence-electron chi connectivity index (χ3n) is 3.33. The molecular formula is C18H20N2O3. The highest BCUT2D eigenvalue weighted by molar-refractivity contribution is 6.04. The molecule has 0 heterocycles. The molecule has 0 aliphatic carbocycles. The Kier molecular flexibility index (Phi) is 5.36. The first-order valence-corrected chi connectivity index (χ1v) is 7.38. The van der Waals surface area contributed by atoms with Crippen molar-refractivity contribution in [2.75, 3.05) is 11.9 Å². The molecule has 3 N–H and O–H groups in total. The summed E-state index contributed by atoms with van der Waals surface area (Å²) in [4.78, 5) is 22.8. The van der Waals surface area contributed by atoms with Crippen LogP contribution in [0.15, 0.2) is 48.5 Å². The standard InChI is InChI=1S/C18H20N2O3/c1-12(2)13-3-5-14(6-4-13)18(22)20-15-7-9-16(10-8-15)23-11-17(19)21/h3-10,12H,11H2,1-2H3,(H2,19,21)(H,20,22). The Bertz CT molecular complexity index is 676. The van der Waals surface area contributed by atoms with E-state index >= 15 is 0 Å². The van der Waals surface area contributed by atoms with Crippen molar-refractivity contribution in [2.45, 2.75) is 19.8 Å². The van der Waals surface area contributed by atoms with E-state index in [2.05, 4.69) is 19.2 Å². The molecule has 2 aromatic carbocycles. The molecule has 0 unspecified atom stereocenters. The molecule has 2 rings (SSSR count). The maximum absolute atomic E-state index is 12.2. The van der Waals surface area contributed by atoms with E-state index in [0.29, 0.717) is 22.9 Å². The van der Waals surface area contributed by atoms with E-state index in [1.54, 1.807) is 24.3 Å². The van der Waals surface area contributed by atoms with Gasteiger partial charge in [0.15, 0.2) is 6.61 Å². The number of benzene rings is 2. The van der Waals surface area contributed by atoms with E-state index in [1.165, 1.54) is 5.56 Å². The molecule has 0 aromatic heterocycles. The average molecular weight is 312 g/mol. The number of carbonyl (C=O) groups excluding carboxylic acids is 2. The maximum Gasteiger partial charge on any atom is 0.255 e. The number of primary amides is 1. The number of hydrogen-bond acceptors (Lipinski definition) is 3. The number of nitrogens with one attached hydrogen (secondary N) is 1. The van der Waals surface area contributed by atoms with Crippen molar-refractivity contribution in [1.82, 2.24) is 0 Å². The Balaban J connectivity index is 1.98. The minimum atomic E-state index is -0.535. The van der Waals surface area contributed by atoms with Crippen molar-refractivity contribution >= 4 is 17.5 Å². The molecule has 0 spiro atoms. The average Bonchev–Trinajstić information content (AvgIpc) is 2.54. The summed E-state index contributed by atoms with van der Waals surface area (Å²) in [6, 6.07) is 14.3. The highest BCUT2D eigenvalue weighted by Gasteiger charge is 2.07. The molecule has 0 bridgehead atoms. The van der Waals surface area contributed by atoms with Gasteiger partial charge in [-0.05, 0) is 47.9 Å². The van der Waals surface area contributed by atoms with Gasteiger partial charge < -0.3 is 15.8 Å². The highest BCUT2D eigenvalue weighted by Crippen LogP contribution is 2.18. The Labute approximate surface area is 135 Å². The van der Waals surface area contributed by atoms with E-state index in [0.717, 1.165) is 0 Å². The van der Waals surface area contributed by atoms with Gasteiger partial charge in [-0.25, -0.2) is 0 Å². The van der Waals surface area contributed by atoms with Gasteiger partial charge in [0, 0.05) is 11.3 Å². The molecular weight excluding hydrogens is 292 g/mol. The first-order valence-electron chi connectivity index (χ1n) is 7.38. The van der Waals surface area contributed by atoms with E-state index < -0.39 is 5.91 Å². The number of ether oxygens (including phenoxy) is 1. The third kappa shape index (κ3) is 4.85. The molecule has 5 heteroatoms. The molecule has 0 fully saturated rings. The molecule has 0 aliphatic rings. The van der Waals surface area contributed by atoms with E-state index in [4.69, 9.17) is 10.5 Å². The van der Waals surface area contributed by atoms with E-state index in [1.807, 2.05) is 24.3 Å². The highest BCUT2D eigenvalue weighted by atomic mass is 16.5. The molecule has 2 aromatic rings. The first-order chi connectivity index (χ1) is 11.0. The number of anilines is 1.